The van der Waals surface area contributed by atoms with Gasteiger partial charge in [-0.05, 0) is 18.3 Å². The van der Waals surface area contributed by atoms with E-state index in [1.54, 1.807) is 0 Å². The van der Waals surface area contributed by atoms with Crippen LogP contribution in [0, 0.1) is 17.8 Å². The summed E-state index contributed by atoms with van der Waals surface area (Å²) in [7, 11) is 1.50. The summed E-state index contributed by atoms with van der Waals surface area (Å²) >= 11 is 0. The molecule has 0 aliphatic heterocycles. The van der Waals surface area contributed by atoms with Gasteiger partial charge in [0.25, 0.3) is 0 Å². The first-order chi connectivity index (χ1) is 6.33. The molecule has 2 rings (SSSR count). The molecule has 2 saturated carbocycles. The standard InChI is InChI=1S/C11H18O2/c1-13-11(12)10-7-9(10)8-5-3-2-4-6-8/h8-10H,2-7H2,1H3/t9-,10+/m1/s1. The van der Waals surface area contributed by atoms with Crippen LogP contribution in [0.25, 0.3) is 0 Å². The van der Waals surface area contributed by atoms with E-state index in [-0.39, 0.29) is 11.9 Å². The van der Waals surface area contributed by atoms with Crippen LogP contribution in [-0.2, 0) is 9.53 Å². The number of carbonyl (C=O) groups excluding carboxylic acids is 1. The smallest absolute Gasteiger partial charge is 0.308 e. The third-order valence-corrected chi connectivity index (χ3v) is 3.60. The Balaban J connectivity index is 1.81. The Morgan fingerprint density at radius 2 is 1.92 bits per heavy atom. The predicted molar refractivity (Wildman–Crippen MR) is 50.2 cm³/mol. The topological polar surface area (TPSA) is 26.3 Å². The number of ether oxygens (including phenoxy) is 1. The first-order valence-electron chi connectivity index (χ1n) is 5.40. The van der Waals surface area contributed by atoms with Gasteiger partial charge in [-0.3, -0.25) is 4.79 Å². The highest BCUT2D eigenvalue weighted by Gasteiger charge is 2.48. The minimum Gasteiger partial charge on any atom is -0.469 e. The predicted octanol–water partition coefficient (Wildman–Crippen LogP) is 2.38. The maximum absolute atomic E-state index is 11.2. The van der Waals surface area contributed by atoms with Crippen molar-refractivity contribution in [2.75, 3.05) is 7.11 Å². The van der Waals surface area contributed by atoms with Gasteiger partial charge in [-0.25, -0.2) is 0 Å². The Hall–Kier alpha value is -0.530. The van der Waals surface area contributed by atoms with E-state index >= 15 is 0 Å². The molecular weight excluding hydrogens is 164 g/mol. The second-order valence-electron chi connectivity index (χ2n) is 4.43. The van der Waals surface area contributed by atoms with Crippen LogP contribution < -0.4 is 0 Å². The molecule has 2 nitrogen and oxygen atoms in total. The van der Waals surface area contributed by atoms with Crippen molar-refractivity contribution in [1.82, 2.24) is 0 Å². The molecule has 0 unspecified atom stereocenters. The zero-order valence-corrected chi connectivity index (χ0v) is 8.29. The molecule has 2 atom stereocenters. The fraction of sp³-hybridized carbons (Fsp3) is 0.909. The lowest BCUT2D eigenvalue weighted by Gasteiger charge is -2.21. The highest BCUT2D eigenvalue weighted by molar-refractivity contribution is 5.75. The number of hydrogen-bond donors (Lipinski definition) is 0. The van der Waals surface area contributed by atoms with Crippen molar-refractivity contribution >= 4 is 5.97 Å². The Kier molecular flexibility index (Phi) is 2.56. The fourth-order valence-corrected chi connectivity index (χ4v) is 2.72. The van der Waals surface area contributed by atoms with Crippen LogP contribution >= 0.6 is 0 Å². The molecule has 2 fully saturated rings. The third kappa shape index (κ3) is 1.87. The SMILES string of the molecule is COC(=O)[C@H]1C[C@@H]1C1CCCCC1. The molecule has 0 saturated heterocycles. The molecule has 0 amide bonds. The van der Waals surface area contributed by atoms with Gasteiger partial charge in [-0.2, -0.15) is 0 Å². The number of methoxy groups -OCH3 is 1. The van der Waals surface area contributed by atoms with Crippen molar-refractivity contribution in [3.63, 3.8) is 0 Å². The minimum absolute atomic E-state index is 0.0237. The lowest BCUT2D eigenvalue weighted by atomic mass is 9.85. The minimum atomic E-state index is 0.0237. The van der Waals surface area contributed by atoms with Gasteiger partial charge in [-0.15, -0.1) is 0 Å². The Morgan fingerprint density at radius 3 is 2.54 bits per heavy atom. The summed E-state index contributed by atoms with van der Waals surface area (Å²) < 4.78 is 4.76. The first-order valence-corrected chi connectivity index (χ1v) is 5.40. The van der Waals surface area contributed by atoms with Gasteiger partial charge in [0.15, 0.2) is 0 Å². The molecule has 0 spiro atoms. The highest BCUT2D eigenvalue weighted by Crippen LogP contribution is 2.49. The molecule has 13 heavy (non-hydrogen) atoms. The maximum Gasteiger partial charge on any atom is 0.308 e. The number of rotatable bonds is 2. The zero-order valence-electron chi connectivity index (χ0n) is 8.29. The maximum atomic E-state index is 11.2. The summed E-state index contributed by atoms with van der Waals surface area (Å²) in [5, 5.41) is 0. The molecule has 74 valence electrons. The monoisotopic (exact) mass is 182 g/mol. The average Bonchev–Trinajstić information content (AvgIpc) is 2.98. The Bertz CT molecular complexity index is 194. The summed E-state index contributed by atoms with van der Waals surface area (Å²) in [6.07, 6.45) is 7.92. The Labute approximate surface area is 79.7 Å². The van der Waals surface area contributed by atoms with Crippen LogP contribution in [-0.4, -0.2) is 13.1 Å². The van der Waals surface area contributed by atoms with Crippen molar-refractivity contribution in [2.45, 2.75) is 38.5 Å². The molecule has 2 heteroatoms. The van der Waals surface area contributed by atoms with E-state index in [1.165, 1.54) is 39.2 Å². The quantitative estimate of drug-likeness (QED) is 0.613. The fourth-order valence-electron chi connectivity index (χ4n) is 2.72. The molecular formula is C11H18O2. The van der Waals surface area contributed by atoms with E-state index in [9.17, 15) is 4.79 Å². The summed E-state index contributed by atoms with van der Waals surface area (Å²) in [6, 6.07) is 0. The van der Waals surface area contributed by atoms with Gasteiger partial charge in [0, 0.05) is 0 Å². The highest BCUT2D eigenvalue weighted by atomic mass is 16.5. The van der Waals surface area contributed by atoms with E-state index in [0.717, 1.165) is 12.3 Å². The molecule has 0 radical (unpaired) electrons. The van der Waals surface area contributed by atoms with Gasteiger partial charge < -0.3 is 4.74 Å². The number of esters is 1. The van der Waals surface area contributed by atoms with E-state index in [1.807, 2.05) is 0 Å². The van der Waals surface area contributed by atoms with Crippen LogP contribution in [0.4, 0.5) is 0 Å². The van der Waals surface area contributed by atoms with Gasteiger partial charge in [0.05, 0.1) is 13.0 Å². The molecule has 0 N–H and O–H groups in total. The van der Waals surface area contributed by atoms with Gasteiger partial charge in [-0.1, -0.05) is 32.1 Å². The van der Waals surface area contributed by atoms with Crippen molar-refractivity contribution in [3.8, 4) is 0 Å². The van der Waals surface area contributed by atoms with Crippen LogP contribution in [0.3, 0.4) is 0 Å². The molecule has 0 aromatic rings. The number of hydrogen-bond acceptors (Lipinski definition) is 2. The summed E-state index contributed by atoms with van der Waals surface area (Å²) in [5.41, 5.74) is 0. The van der Waals surface area contributed by atoms with Crippen molar-refractivity contribution < 1.29 is 9.53 Å². The first kappa shape index (κ1) is 9.04. The Morgan fingerprint density at radius 1 is 1.23 bits per heavy atom. The summed E-state index contributed by atoms with van der Waals surface area (Å²) in [5.74, 6) is 1.79. The van der Waals surface area contributed by atoms with Gasteiger partial charge in [0.2, 0.25) is 0 Å². The molecule has 0 bridgehead atoms. The second-order valence-corrected chi connectivity index (χ2v) is 4.43. The lowest BCUT2D eigenvalue weighted by Crippen LogP contribution is -2.13. The second kappa shape index (κ2) is 3.69. The van der Waals surface area contributed by atoms with Crippen molar-refractivity contribution in [3.05, 3.63) is 0 Å². The normalized spacial score (nSPS) is 34.2. The van der Waals surface area contributed by atoms with E-state index < -0.39 is 0 Å². The molecule has 0 heterocycles. The molecule has 2 aliphatic carbocycles. The number of carbonyl (C=O) groups is 1. The van der Waals surface area contributed by atoms with Crippen molar-refractivity contribution in [1.29, 1.82) is 0 Å². The van der Waals surface area contributed by atoms with Gasteiger partial charge in [0.1, 0.15) is 0 Å². The van der Waals surface area contributed by atoms with E-state index in [0.29, 0.717) is 5.92 Å². The molecule has 0 aromatic heterocycles. The van der Waals surface area contributed by atoms with Crippen LogP contribution in [0.1, 0.15) is 38.5 Å². The lowest BCUT2D eigenvalue weighted by molar-refractivity contribution is -0.142. The summed E-state index contributed by atoms with van der Waals surface area (Å²) in [6.45, 7) is 0. The van der Waals surface area contributed by atoms with E-state index in [2.05, 4.69) is 0 Å². The van der Waals surface area contributed by atoms with Crippen molar-refractivity contribution in [2.24, 2.45) is 17.8 Å². The van der Waals surface area contributed by atoms with Crippen LogP contribution in [0.5, 0.6) is 0 Å². The summed E-state index contributed by atoms with van der Waals surface area (Å²) in [4.78, 5) is 11.2. The van der Waals surface area contributed by atoms with Crippen LogP contribution in [0.2, 0.25) is 0 Å². The molecule has 2 aliphatic rings. The average molecular weight is 182 g/mol. The zero-order chi connectivity index (χ0) is 9.26. The van der Waals surface area contributed by atoms with E-state index in [4.69, 9.17) is 4.74 Å². The third-order valence-electron chi connectivity index (χ3n) is 3.60. The molecule has 0 aromatic carbocycles. The van der Waals surface area contributed by atoms with Crippen LogP contribution in [0.15, 0.2) is 0 Å². The van der Waals surface area contributed by atoms with Gasteiger partial charge >= 0.3 is 5.97 Å². The largest absolute Gasteiger partial charge is 0.469 e.